The van der Waals surface area contributed by atoms with Crippen LogP contribution >= 0.6 is 0 Å². The molecule has 2 saturated heterocycles. The van der Waals surface area contributed by atoms with E-state index in [0.29, 0.717) is 26.2 Å². The second-order valence-corrected chi connectivity index (χ2v) is 10.6. The van der Waals surface area contributed by atoms with Gasteiger partial charge in [-0.05, 0) is 36.6 Å². The SMILES string of the molecule is O=C(OCC(=O)N1CCN(Cc2ccccc2)C1=O)c1cccc(S(=O)(=O)N2CCCCCC2)c1. The molecule has 2 aliphatic heterocycles. The van der Waals surface area contributed by atoms with Gasteiger partial charge in [-0.3, -0.25) is 9.69 Å². The zero-order chi connectivity index (χ0) is 24.8. The first kappa shape index (κ1) is 24.9. The van der Waals surface area contributed by atoms with Gasteiger partial charge < -0.3 is 9.64 Å². The highest BCUT2D eigenvalue weighted by Gasteiger charge is 2.33. The average Bonchev–Trinajstić information content (AvgIpc) is 3.05. The molecule has 2 fully saturated rings. The molecule has 3 amide bonds. The van der Waals surface area contributed by atoms with Crippen LogP contribution in [0.5, 0.6) is 0 Å². The van der Waals surface area contributed by atoms with Gasteiger partial charge in [0, 0.05) is 32.7 Å². The second kappa shape index (κ2) is 11.0. The summed E-state index contributed by atoms with van der Waals surface area (Å²) >= 11 is 0. The fraction of sp³-hybridized carbons (Fsp3) is 0.400. The standard InChI is InChI=1S/C25H29N3O6S/c29-23(28-16-15-26(25(28)31)18-20-9-4-3-5-10-20)19-34-24(30)21-11-8-12-22(17-21)35(32,33)27-13-6-1-2-7-14-27/h3-5,8-12,17H,1-2,6-7,13-16,18-19H2. The zero-order valence-electron chi connectivity index (χ0n) is 19.5. The van der Waals surface area contributed by atoms with Gasteiger partial charge in [-0.1, -0.05) is 49.2 Å². The van der Waals surface area contributed by atoms with Crippen LogP contribution in [-0.2, 0) is 26.1 Å². The Kier molecular flexibility index (Phi) is 7.82. The molecular weight excluding hydrogens is 470 g/mol. The van der Waals surface area contributed by atoms with Gasteiger partial charge in [-0.15, -0.1) is 0 Å². The number of sulfonamides is 1. The highest BCUT2D eigenvalue weighted by molar-refractivity contribution is 7.89. The number of hydrogen-bond donors (Lipinski definition) is 0. The van der Waals surface area contributed by atoms with E-state index >= 15 is 0 Å². The number of urea groups is 1. The van der Waals surface area contributed by atoms with Crippen molar-refractivity contribution in [2.45, 2.75) is 37.1 Å². The Morgan fingerprint density at radius 2 is 1.57 bits per heavy atom. The first-order valence-corrected chi connectivity index (χ1v) is 13.2. The highest BCUT2D eigenvalue weighted by atomic mass is 32.2. The summed E-state index contributed by atoms with van der Waals surface area (Å²) < 4.78 is 32.6. The molecule has 186 valence electrons. The average molecular weight is 500 g/mol. The second-order valence-electron chi connectivity index (χ2n) is 8.66. The molecule has 2 heterocycles. The molecule has 2 aromatic carbocycles. The fourth-order valence-corrected chi connectivity index (χ4v) is 5.83. The van der Waals surface area contributed by atoms with Crippen molar-refractivity contribution in [3.63, 3.8) is 0 Å². The minimum Gasteiger partial charge on any atom is -0.452 e. The molecule has 0 spiro atoms. The molecule has 0 bridgehead atoms. The summed E-state index contributed by atoms with van der Waals surface area (Å²) in [5.74, 6) is -1.44. The first-order valence-electron chi connectivity index (χ1n) is 11.8. The number of rotatable bonds is 7. The number of benzene rings is 2. The number of amides is 3. The molecule has 0 aliphatic carbocycles. The Morgan fingerprint density at radius 3 is 2.29 bits per heavy atom. The van der Waals surface area contributed by atoms with Crippen LogP contribution in [0.25, 0.3) is 0 Å². The van der Waals surface area contributed by atoms with E-state index in [2.05, 4.69) is 0 Å². The summed E-state index contributed by atoms with van der Waals surface area (Å²) in [7, 11) is -3.72. The van der Waals surface area contributed by atoms with Gasteiger partial charge in [0.15, 0.2) is 6.61 Å². The van der Waals surface area contributed by atoms with Gasteiger partial charge in [-0.25, -0.2) is 18.0 Å². The lowest BCUT2D eigenvalue weighted by molar-refractivity contribution is -0.130. The van der Waals surface area contributed by atoms with Crippen LogP contribution in [-0.4, -0.2) is 73.2 Å². The van der Waals surface area contributed by atoms with Crippen LogP contribution in [0, 0.1) is 0 Å². The first-order chi connectivity index (χ1) is 16.9. The molecule has 0 radical (unpaired) electrons. The van der Waals surface area contributed by atoms with E-state index in [9.17, 15) is 22.8 Å². The third kappa shape index (κ3) is 5.88. The lowest BCUT2D eigenvalue weighted by Crippen LogP contribution is -2.38. The molecule has 10 heteroatoms. The Bertz CT molecular complexity index is 1180. The molecule has 0 aromatic heterocycles. The van der Waals surface area contributed by atoms with Crippen LogP contribution in [0.15, 0.2) is 59.5 Å². The number of imide groups is 1. The van der Waals surface area contributed by atoms with Crippen molar-refractivity contribution >= 4 is 27.9 Å². The van der Waals surface area contributed by atoms with Gasteiger partial charge in [-0.2, -0.15) is 4.31 Å². The highest BCUT2D eigenvalue weighted by Crippen LogP contribution is 2.21. The predicted molar refractivity (Wildman–Crippen MR) is 128 cm³/mol. The summed E-state index contributed by atoms with van der Waals surface area (Å²) in [6.07, 6.45) is 3.61. The van der Waals surface area contributed by atoms with Crippen LogP contribution in [0.4, 0.5) is 4.79 Å². The van der Waals surface area contributed by atoms with Crippen molar-refractivity contribution in [2.24, 2.45) is 0 Å². The Hall–Kier alpha value is -3.24. The van der Waals surface area contributed by atoms with Crippen molar-refractivity contribution in [3.05, 3.63) is 65.7 Å². The summed E-state index contributed by atoms with van der Waals surface area (Å²) in [4.78, 5) is 40.4. The van der Waals surface area contributed by atoms with Crippen LogP contribution in [0.2, 0.25) is 0 Å². The van der Waals surface area contributed by atoms with E-state index in [1.165, 1.54) is 28.6 Å². The van der Waals surface area contributed by atoms with Crippen molar-refractivity contribution < 1.29 is 27.5 Å². The van der Waals surface area contributed by atoms with E-state index in [1.807, 2.05) is 30.3 Å². The van der Waals surface area contributed by atoms with E-state index in [0.717, 1.165) is 36.1 Å². The summed E-state index contributed by atoms with van der Waals surface area (Å²) in [6.45, 7) is 1.30. The number of nitrogens with zero attached hydrogens (tertiary/aromatic N) is 3. The zero-order valence-corrected chi connectivity index (χ0v) is 20.3. The molecule has 35 heavy (non-hydrogen) atoms. The van der Waals surface area contributed by atoms with Gasteiger partial charge >= 0.3 is 12.0 Å². The minimum atomic E-state index is -3.72. The van der Waals surface area contributed by atoms with Crippen LogP contribution < -0.4 is 0 Å². The third-order valence-electron chi connectivity index (χ3n) is 6.21. The summed E-state index contributed by atoms with van der Waals surface area (Å²) in [6, 6.07) is 14.7. The molecule has 9 nitrogen and oxygen atoms in total. The largest absolute Gasteiger partial charge is 0.452 e. The summed E-state index contributed by atoms with van der Waals surface area (Å²) in [5.41, 5.74) is 0.990. The molecule has 2 aliphatic rings. The molecule has 0 saturated carbocycles. The van der Waals surface area contributed by atoms with Gasteiger partial charge in [0.1, 0.15) is 0 Å². The Balaban J connectivity index is 1.35. The number of carbonyl (C=O) groups excluding carboxylic acids is 3. The fourth-order valence-electron chi connectivity index (χ4n) is 4.27. The number of ether oxygens (including phenoxy) is 1. The van der Waals surface area contributed by atoms with Crippen LogP contribution in [0.3, 0.4) is 0 Å². The van der Waals surface area contributed by atoms with E-state index < -0.39 is 34.5 Å². The minimum absolute atomic E-state index is 0.0199. The lowest BCUT2D eigenvalue weighted by atomic mass is 10.2. The van der Waals surface area contributed by atoms with Gasteiger partial charge in [0.2, 0.25) is 10.0 Å². The predicted octanol–water partition coefficient (Wildman–Crippen LogP) is 2.87. The lowest BCUT2D eigenvalue weighted by Gasteiger charge is -2.20. The molecule has 0 N–H and O–H groups in total. The Labute approximate surface area is 205 Å². The monoisotopic (exact) mass is 499 g/mol. The third-order valence-corrected chi connectivity index (χ3v) is 8.11. The molecule has 2 aromatic rings. The normalized spacial score (nSPS) is 17.3. The van der Waals surface area contributed by atoms with Gasteiger partial charge in [0.05, 0.1) is 10.5 Å². The number of esters is 1. The smallest absolute Gasteiger partial charge is 0.338 e. The number of hydrogen-bond acceptors (Lipinski definition) is 6. The molecule has 4 rings (SSSR count). The summed E-state index contributed by atoms with van der Waals surface area (Å²) in [5, 5.41) is 0. The van der Waals surface area contributed by atoms with Crippen molar-refractivity contribution in [1.29, 1.82) is 0 Å². The van der Waals surface area contributed by atoms with E-state index in [-0.39, 0.29) is 17.0 Å². The van der Waals surface area contributed by atoms with Crippen molar-refractivity contribution in [2.75, 3.05) is 32.8 Å². The van der Waals surface area contributed by atoms with Crippen molar-refractivity contribution in [3.8, 4) is 0 Å². The van der Waals surface area contributed by atoms with Crippen LogP contribution in [0.1, 0.15) is 41.6 Å². The molecule has 0 unspecified atom stereocenters. The quantitative estimate of drug-likeness (QED) is 0.543. The Morgan fingerprint density at radius 1 is 0.857 bits per heavy atom. The van der Waals surface area contributed by atoms with E-state index in [4.69, 9.17) is 4.74 Å². The number of carbonyl (C=O) groups is 3. The molecular formula is C25H29N3O6S. The van der Waals surface area contributed by atoms with Crippen molar-refractivity contribution in [1.82, 2.24) is 14.1 Å². The maximum atomic E-state index is 13.0. The van der Waals surface area contributed by atoms with Gasteiger partial charge in [0.25, 0.3) is 5.91 Å². The molecule has 0 atom stereocenters. The van der Waals surface area contributed by atoms with E-state index in [1.54, 1.807) is 4.90 Å². The maximum Gasteiger partial charge on any atom is 0.338 e. The topological polar surface area (TPSA) is 104 Å². The maximum absolute atomic E-state index is 13.0.